The molecule has 0 aliphatic heterocycles. The summed E-state index contributed by atoms with van der Waals surface area (Å²) >= 11 is 0. The van der Waals surface area contributed by atoms with Gasteiger partial charge in [-0.2, -0.15) is 0 Å². The van der Waals surface area contributed by atoms with Gasteiger partial charge in [-0.3, -0.25) is 4.99 Å². The zero-order valence-corrected chi connectivity index (χ0v) is 14.4. The molecule has 1 rings (SSSR count). The maximum absolute atomic E-state index is 5.13. The standard InChI is InChI=1S/C17H30N4O/c1-13(2)16(21-15-9-7-6-8-10-15)11-19-17(18-4)20-14(3)12-22-5/h6-10,13-14,16,21H,11-12H2,1-5H3,(H2,18,19,20). The molecule has 0 bridgehead atoms. The minimum absolute atomic E-state index is 0.218. The molecule has 0 aromatic heterocycles. The fourth-order valence-electron chi connectivity index (χ4n) is 2.13. The molecule has 0 aliphatic rings. The first-order chi connectivity index (χ1) is 10.6. The lowest BCUT2D eigenvalue weighted by Gasteiger charge is -2.25. The quantitative estimate of drug-likeness (QED) is 0.510. The van der Waals surface area contributed by atoms with E-state index in [9.17, 15) is 0 Å². The predicted octanol–water partition coefficient (Wildman–Crippen LogP) is 2.32. The average molecular weight is 306 g/mol. The maximum Gasteiger partial charge on any atom is 0.191 e. The molecule has 0 radical (unpaired) electrons. The van der Waals surface area contributed by atoms with Gasteiger partial charge in [-0.1, -0.05) is 32.0 Å². The van der Waals surface area contributed by atoms with Crippen LogP contribution in [-0.2, 0) is 4.74 Å². The Bertz CT molecular complexity index is 434. The number of rotatable bonds is 8. The molecule has 2 unspecified atom stereocenters. The van der Waals surface area contributed by atoms with Gasteiger partial charge in [-0.15, -0.1) is 0 Å². The third-order valence-corrected chi connectivity index (χ3v) is 3.44. The van der Waals surface area contributed by atoms with Gasteiger partial charge in [0.05, 0.1) is 6.61 Å². The van der Waals surface area contributed by atoms with Crippen molar-refractivity contribution >= 4 is 11.6 Å². The Morgan fingerprint density at radius 3 is 2.41 bits per heavy atom. The Kier molecular flexibility index (Phi) is 8.36. The van der Waals surface area contributed by atoms with Gasteiger partial charge in [0.15, 0.2) is 5.96 Å². The highest BCUT2D eigenvalue weighted by atomic mass is 16.5. The van der Waals surface area contributed by atoms with Crippen LogP contribution in [-0.4, -0.2) is 45.4 Å². The van der Waals surface area contributed by atoms with Crippen LogP contribution in [0.15, 0.2) is 35.3 Å². The molecule has 3 N–H and O–H groups in total. The van der Waals surface area contributed by atoms with Gasteiger partial charge in [-0.25, -0.2) is 0 Å². The van der Waals surface area contributed by atoms with Crippen molar-refractivity contribution in [1.82, 2.24) is 10.6 Å². The molecule has 0 fully saturated rings. The summed E-state index contributed by atoms with van der Waals surface area (Å²) in [5.74, 6) is 1.30. The van der Waals surface area contributed by atoms with Crippen LogP contribution in [0.3, 0.4) is 0 Å². The molecule has 0 spiro atoms. The molecule has 0 saturated heterocycles. The molecule has 5 heteroatoms. The van der Waals surface area contributed by atoms with E-state index in [4.69, 9.17) is 4.74 Å². The van der Waals surface area contributed by atoms with E-state index in [-0.39, 0.29) is 6.04 Å². The summed E-state index contributed by atoms with van der Waals surface area (Å²) in [6, 6.07) is 10.8. The summed E-state index contributed by atoms with van der Waals surface area (Å²) in [5, 5.41) is 10.3. The summed E-state index contributed by atoms with van der Waals surface area (Å²) in [6.45, 7) is 7.94. The highest BCUT2D eigenvalue weighted by Gasteiger charge is 2.14. The lowest BCUT2D eigenvalue weighted by Crippen LogP contribution is -2.48. The van der Waals surface area contributed by atoms with Crippen LogP contribution >= 0.6 is 0 Å². The van der Waals surface area contributed by atoms with E-state index in [1.54, 1.807) is 14.2 Å². The number of benzene rings is 1. The second-order valence-electron chi connectivity index (χ2n) is 5.81. The summed E-state index contributed by atoms with van der Waals surface area (Å²) in [7, 11) is 3.48. The van der Waals surface area contributed by atoms with Crippen LogP contribution in [0.1, 0.15) is 20.8 Å². The Balaban J connectivity index is 2.52. The largest absolute Gasteiger partial charge is 0.383 e. The van der Waals surface area contributed by atoms with E-state index in [0.717, 1.165) is 18.2 Å². The van der Waals surface area contributed by atoms with E-state index in [0.29, 0.717) is 18.6 Å². The van der Waals surface area contributed by atoms with E-state index in [1.165, 1.54) is 0 Å². The van der Waals surface area contributed by atoms with Gasteiger partial charge >= 0.3 is 0 Å². The van der Waals surface area contributed by atoms with Gasteiger partial charge in [0.25, 0.3) is 0 Å². The molecular weight excluding hydrogens is 276 g/mol. The van der Waals surface area contributed by atoms with Crippen molar-refractivity contribution in [1.29, 1.82) is 0 Å². The number of hydrogen-bond donors (Lipinski definition) is 3. The Morgan fingerprint density at radius 1 is 1.18 bits per heavy atom. The van der Waals surface area contributed by atoms with Gasteiger partial charge in [-0.05, 0) is 25.0 Å². The molecule has 1 aromatic rings. The maximum atomic E-state index is 5.13. The molecule has 22 heavy (non-hydrogen) atoms. The van der Waals surface area contributed by atoms with Crippen LogP contribution in [0.2, 0.25) is 0 Å². The fraction of sp³-hybridized carbons (Fsp3) is 0.588. The topological polar surface area (TPSA) is 57.7 Å². The van der Waals surface area contributed by atoms with E-state index >= 15 is 0 Å². The third-order valence-electron chi connectivity index (χ3n) is 3.44. The minimum Gasteiger partial charge on any atom is -0.383 e. The van der Waals surface area contributed by atoms with Crippen LogP contribution < -0.4 is 16.0 Å². The summed E-state index contributed by atoms with van der Waals surface area (Å²) in [5.41, 5.74) is 1.14. The monoisotopic (exact) mass is 306 g/mol. The van der Waals surface area contributed by atoms with Crippen molar-refractivity contribution < 1.29 is 4.74 Å². The number of hydrogen-bond acceptors (Lipinski definition) is 3. The van der Waals surface area contributed by atoms with Crippen LogP contribution in [0.5, 0.6) is 0 Å². The number of aliphatic imine (C=N–C) groups is 1. The predicted molar refractivity (Wildman–Crippen MR) is 94.5 cm³/mol. The van der Waals surface area contributed by atoms with Crippen molar-refractivity contribution in [2.45, 2.75) is 32.9 Å². The second-order valence-corrected chi connectivity index (χ2v) is 5.81. The zero-order valence-electron chi connectivity index (χ0n) is 14.4. The molecule has 0 amide bonds. The Morgan fingerprint density at radius 2 is 1.86 bits per heavy atom. The molecule has 0 aliphatic carbocycles. The molecule has 0 saturated carbocycles. The van der Waals surface area contributed by atoms with Crippen LogP contribution in [0.4, 0.5) is 5.69 Å². The van der Waals surface area contributed by atoms with Gasteiger partial charge in [0.2, 0.25) is 0 Å². The number of anilines is 1. The number of nitrogens with one attached hydrogen (secondary N) is 3. The van der Waals surface area contributed by atoms with Gasteiger partial charge < -0.3 is 20.7 Å². The number of nitrogens with zero attached hydrogens (tertiary/aromatic N) is 1. The molecule has 124 valence electrons. The number of para-hydroxylation sites is 1. The molecular formula is C17H30N4O. The normalized spacial score (nSPS) is 14.5. The van der Waals surface area contributed by atoms with Crippen LogP contribution in [0.25, 0.3) is 0 Å². The zero-order chi connectivity index (χ0) is 16.4. The fourth-order valence-corrected chi connectivity index (χ4v) is 2.13. The number of guanidine groups is 1. The Labute approximate surface area is 134 Å². The first kappa shape index (κ1) is 18.3. The lowest BCUT2D eigenvalue weighted by molar-refractivity contribution is 0.179. The SMILES string of the molecule is CN=C(NCC(Nc1ccccc1)C(C)C)NC(C)COC. The van der Waals surface area contributed by atoms with Crippen LogP contribution in [0, 0.1) is 5.92 Å². The summed E-state index contributed by atoms with van der Waals surface area (Å²) in [6.07, 6.45) is 0. The number of methoxy groups -OCH3 is 1. The van der Waals surface area contributed by atoms with E-state index in [2.05, 4.69) is 53.8 Å². The first-order valence-corrected chi connectivity index (χ1v) is 7.84. The van der Waals surface area contributed by atoms with Gasteiger partial charge in [0.1, 0.15) is 0 Å². The third kappa shape index (κ3) is 6.80. The Hall–Kier alpha value is -1.75. The summed E-state index contributed by atoms with van der Waals surface area (Å²) < 4.78 is 5.13. The van der Waals surface area contributed by atoms with Crippen molar-refractivity contribution in [3.8, 4) is 0 Å². The highest BCUT2D eigenvalue weighted by Crippen LogP contribution is 2.11. The first-order valence-electron chi connectivity index (χ1n) is 7.84. The molecule has 2 atom stereocenters. The smallest absolute Gasteiger partial charge is 0.191 e. The lowest BCUT2D eigenvalue weighted by atomic mass is 10.0. The van der Waals surface area contributed by atoms with E-state index < -0.39 is 0 Å². The second kappa shape index (κ2) is 10.1. The highest BCUT2D eigenvalue weighted by molar-refractivity contribution is 5.80. The van der Waals surface area contributed by atoms with Gasteiger partial charge in [0, 0.05) is 38.5 Å². The summed E-state index contributed by atoms with van der Waals surface area (Å²) in [4.78, 5) is 4.26. The van der Waals surface area contributed by atoms with E-state index in [1.807, 2.05) is 18.2 Å². The average Bonchev–Trinajstić information content (AvgIpc) is 2.51. The van der Waals surface area contributed by atoms with Crippen molar-refractivity contribution in [3.63, 3.8) is 0 Å². The van der Waals surface area contributed by atoms with Crippen molar-refractivity contribution in [2.24, 2.45) is 10.9 Å². The molecule has 0 heterocycles. The minimum atomic E-state index is 0.218. The number of ether oxygens (including phenoxy) is 1. The molecule has 5 nitrogen and oxygen atoms in total. The molecule has 1 aromatic carbocycles. The van der Waals surface area contributed by atoms with Crippen molar-refractivity contribution in [2.75, 3.05) is 32.6 Å². The van der Waals surface area contributed by atoms with Crippen molar-refractivity contribution in [3.05, 3.63) is 30.3 Å².